The highest BCUT2D eigenvalue weighted by atomic mass is 19.4. The van der Waals surface area contributed by atoms with Gasteiger partial charge in [0.05, 0.1) is 24.2 Å². The van der Waals surface area contributed by atoms with Crippen molar-refractivity contribution in [1.29, 1.82) is 0 Å². The molecule has 2 aliphatic heterocycles. The summed E-state index contributed by atoms with van der Waals surface area (Å²) in [6.07, 6.45) is -1.87. The highest BCUT2D eigenvalue weighted by Gasteiger charge is 2.50. The third kappa shape index (κ3) is 4.01. The fraction of sp³-hybridized carbons (Fsp3) is 0.389. The number of benzene rings is 1. The molecule has 1 spiro atoms. The number of hydrogen-bond donors (Lipinski definition) is 1. The van der Waals surface area contributed by atoms with E-state index in [9.17, 15) is 18.0 Å². The summed E-state index contributed by atoms with van der Waals surface area (Å²) in [6, 6.07) is 5.62. The van der Waals surface area contributed by atoms with E-state index in [1.807, 2.05) is 0 Å². The summed E-state index contributed by atoms with van der Waals surface area (Å²) in [5.41, 5.74) is 1.10. The maximum atomic E-state index is 12.4. The van der Waals surface area contributed by atoms with Crippen molar-refractivity contribution in [2.45, 2.75) is 12.9 Å². The van der Waals surface area contributed by atoms with E-state index in [0.29, 0.717) is 37.4 Å². The van der Waals surface area contributed by atoms with E-state index >= 15 is 0 Å². The van der Waals surface area contributed by atoms with Gasteiger partial charge in [-0.3, -0.25) is 4.79 Å². The smallest absolute Gasteiger partial charge is 0.406 e. The Hall–Kier alpha value is -2.88. The van der Waals surface area contributed by atoms with E-state index in [0.717, 1.165) is 0 Å². The minimum absolute atomic E-state index is 0.124. The Labute approximate surface area is 158 Å². The molecule has 4 rings (SSSR count). The Bertz CT molecular complexity index is 861. The van der Waals surface area contributed by atoms with Gasteiger partial charge in [0, 0.05) is 32.0 Å². The normalized spacial score (nSPS) is 17.6. The molecule has 28 heavy (non-hydrogen) atoms. The molecule has 10 heteroatoms. The maximum absolute atomic E-state index is 12.4. The van der Waals surface area contributed by atoms with E-state index in [1.165, 1.54) is 30.6 Å². The summed E-state index contributed by atoms with van der Waals surface area (Å²) in [6.45, 7) is 2.97. The topological polar surface area (TPSA) is 76.6 Å². The number of halogens is 3. The lowest BCUT2D eigenvalue weighted by atomic mass is 9.78. The number of alkyl halides is 3. The molecule has 0 bridgehead atoms. The van der Waals surface area contributed by atoms with Crippen LogP contribution in [0.15, 0.2) is 36.7 Å². The van der Waals surface area contributed by atoms with Gasteiger partial charge in [-0.15, -0.1) is 13.2 Å². The molecule has 3 heterocycles. The predicted octanol–water partition coefficient (Wildman–Crippen LogP) is 2.46. The Morgan fingerprint density at radius 1 is 1.25 bits per heavy atom. The summed E-state index contributed by atoms with van der Waals surface area (Å²) in [4.78, 5) is 22.3. The molecule has 2 saturated heterocycles. The summed E-state index contributed by atoms with van der Waals surface area (Å²) in [5, 5.41) is 2.91. The first kappa shape index (κ1) is 18.5. The number of nitrogens with zero attached hydrogens (tertiary/aromatic N) is 3. The van der Waals surface area contributed by atoms with Crippen LogP contribution in [0.1, 0.15) is 15.9 Å². The second-order valence-electron chi connectivity index (χ2n) is 7.00. The molecule has 1 aromatic heterocycles. The van der Waals surface area contributed by atoms with Crippen LogP contribution < -0.4 is 10.1 Å². The highest BCUT2D eigenvalue weighted by molar-refractivity contribution is 5.94. The molecule has 148 valence electrons. The van der Waals surface area contributed by atoms with Crippen LogP contribution in [-0.4, -0.2) is 53.4 Å². The van der Waals surface area contributed by atoms with Crippen LogP contribution in [0.4, 0.5) is 19.1 Å². The van der Waals surface area contributed by atoms with Crippen LogP contribution >= 0.6 is 0 Å². The number of aromatic nitrogens is 2. The van der Waals surface area contributed by atoms with Gasteiger partial charge in [0.25, 0.3) is 5.91 Å². The molecule has 2 aliphatic rings. The van der Waals surface area contributed by atoms with Crippen LogP contribution in [0, 0.1) is 5.41 Å². The molecular formula is C18H17F3N4O3. The molecule has 7 nitrogen and oxygen atoms in total. The number of hydrogen-bond acceptors (Lipinski definition) is 6. The van der Waals surface area contributed by atoms with Crippen molar-refractivity contribution in [1.82, 2.24) is 14.9 Å². The quantitative estimate of drug-likeness (QED) is 0.840. The number of rotatable bonds is 5. The standard InChI is InChI=1S/C18H17F3N4O3/c19-18(20,21)28-14-3-1-2-12(4-14)5-22-16-23-6-13(7-24-16)15(26)25-8-17(9-25)10-27-11-17/h1-4,6-7H,5,8-11H2,(H,22,23,24). The van der Waals surface area contributed by atoms with Crippen LogP contribution in [0.2, 0.25) is 0 Å². The van der Waals surface area contributed by atoms with Crippen molar-refractivity contribution in [2.24, 2.45) is 5.41 Å². The van der Waals surface area contributed by atoms with E-state index < -0.39 is 6.36 Å². The molecule has 0 radical (unpaired) electrons. The Morgan fingerprint density at radius 3 is 2.57 bits per heavy atom. The van der Waals surface area contributed by atoms with Gasteiger partial charge in [0.15, 0.2) is 0 Å². The van der Waals surface area contributed by atoms with Crippen LogP contribution in [0.25, 0.3) is 0 Å². The number of amides is 1. The lowest BCUT2D eigenvalue weighted by molar-refractivity contribution is -0.274. The first-order valence-corrected chi connectivity index (χ1v) is 8.60. The zero-order chi connectivity index (χ0) is 19.8. The Balaban J connectivity index is 1.31. The van der Waals surface area contributed by atoms with E-state index in [-0.39, 0.29) is 29.6 Å². The average molecular weight is 394 g/mol. The summed E-state index contributed by atoms with van der Waals surface area (Å²) >= 11 is 0. The van der Waals surface area contributed by atoms with Gasteiger partial charge in [0.2, 0.25) is 5.95 Å². The van der Waals surface area contributed by atoms with Gasteiger partial charge in [-0.1, -0.05) is 12.1 Å². The first-order valence-electron chi connectivity index (χ1n) is 8.60. The molecule has 1 N–H and O–H groups in total. The zero-order valence-electron chi connectivity index (χ0n) is 14.7. The number of anilines is 1. The van der Waals surface area contributed by atoms with Crippen molar-refractivity contribution >= 4 is 11.9 Å². The van der Waals surface area contributed by atoms with Crippen molar-refractivity contribution in [2.75, 3.05) is 31.6 Å². The number of carbonyl (C=O) groups excluding carboxylic acids is 1. The Morgan fingerprint density at radius 2 is 1.96 bits per heavy atom. The van der Waals surface area contributed by atoms with Gasteiger partial charge in [0.1, 0.15) is 5.75 Å². The summed E-state index contributed by atoms with van der Waals surface area (Å²) < 4.78 is 45.9. The molecule has 2 aromatic rings. The van der Waals surface area contributed by atoms with Gasteiger partial charge in [-0.25, -0.2) is 9.97 Å². The Kier molecular flexibility index (Phi) is 4.58. The average Bonchev–Trinajstić information content (AvgIpc) is 2.57. The predicted molar refractivity (Wildman–Crippen MR) is 91.6 cm³/mol. The van der Waals surface area contributed by atoms with Crippen LogP contribution in [-0.2, 0) is 11.3 Å². The fourth-order valence-corrected chi connectivity index (χ4v) is 3.23. The van der Waals surface area contributed by atoms with Gasteiger partial charge in [-0.05, 0) is 17.7 Å². The third-order valence-corrected chi connectivity index (χ3v) is 4.64. The lowest BCUT2D eigenvalue weighted by Gasteiger charge is -2.54. The molecule has 0 unspecified atom stereocenters. The number of carbonyl (C=O) groups is 1. The molecule has 0 saturated carbocycles. The SMILES string of the molecule is O=C(c1cnc(NCc2cccc(OC(F)(F)F)c2)nc1)N1CC2(COC2)C1. The largest absolute Gasteiger partial charge is 0.573 e. The summed E-state index contributed by atoms with van der Waals surface area (Å²) in [5.74, 6) is -0.148. The summed E-state index contributed by atoms with van der Waals surface area (Å²) in [7, 11) is 0. The van der Waals surface area contributed by atoms with E-state index in [2.05, 4.69) is 20.0 Å². The van der Waals surface area contributed by atoms with Crippen molar-refractivity contribution in [3.8, 4) is 5.75 Å². The minimum atomic E-state index is -4.74. The molecular weight excluding hydrogens is 377 g/mol. The number of likely N-dealkylation sites (tertiary alicyclic amines) is 1. The van der Waals surface area contributed by atoms with Crippen LogP contribution in [0.3, 0.4) is 0 Å². The van der Waals surface area contributed by atoms with E-state index in [1.54, 1.807) is 11.0 Å². The van der Waals surface area contributed by atoms with Gasteiger partial charge in [-0.2, -0.15) is 0 Å². The number of ether oxygens (including phenoxy) is 2. The van der Waals surface area contributed by atoms with Crippen LogP contribution in [0.5, 0.6) is 5.75 Å². The minimum Gasteiger partial charge on any atom is -0.406 e. The maximum Gasteiger partial charge on any atom is 0.573 e. The van der Waals surface area contributed by atoms with Crippen molar-refractivity contribution < 1.29 is 27.4 Å². The molecule has 0 aliphatic carbocycles. The molecule has 1 amide bonds. The van der Waals surface area contributed by atoms with E-state index in [4.69, 9.17) is 4.74 Å². The third-order valence-electron chi connectivity index (χ3n) is 4.64. The molecule has 1 aromatic carbocycles. The van der Waals surface area contributed by atoms with Crippen molar-refractivity contribution in [3.63, 3.8) is 0 Å². The fourth-order valence-electron chi connectivity index (χ4n) is 3.23. The monoisotopic (exact) mass is 394 g/mol. The highest BCUT2D eigenvalue weighted by Crippen LogP contribution is 2.38. The van der Waals surface area contributed by atoms with Gasteiger partial charge < -0.3 is 19.7 Å². The second kappa shape index (κ2) is 6.93. The molecule has 2 fully saturated rings. The second-order valence-corrected chi connectivity index (χ2v) is 7.00. The lowest BCUT2D eigenvalue weighted by Crippen LogP contribution is -2.67. The van der Waals surface area contributed by atoms with Crippen molar-refractivity contribution in [3.05, 3.63) is 47.8 Å². The first-order chi connectivity index (χ1) is 13.3. The number of nitrogens with one attached hydrogen (secondary N) is 1. The molecule has 0 atom stereocenters. The zero-order valence-corrected chi connectivity index (χ0v) is 14.7. The van der Waals surface area contributed by atoms with Gasteiger partial charge >= 0.3 is 6.36 Å².